The molecule has 0 aliphatic carbocycles. The highest BCUT2D eigenvalue weighted by atomic mass is 19.1. The standard InChI is InChI=1S/C12H14FN5O2/c1-3-12(2,11(19)20)7-18-10(15-16-17-18)8-4-9(13)6-14-5-8/h4-6H,3,7H2,1-2H3,(H,19,20). The van der Waals surface area contributed by atoms with Crippen molar-refractivity contribution in [3.63, 3.8) is 0 Å². The Balaban J connectivity index is 2.37. The van der Waals surface area contributed by atoms with Gasteiger partial charge in [-0.05, 0) is 29.8 Å². The van der Waals surface area contributed by atoms with Gasteiger partial charge in [0.1, 0.15) is 5.82 Å². The number of hydrogen-bond acceptors (Lipinski definition) is 5. The highest BCUT2D eigenvalue weighted by Gasteiger charge is 2.33. The van der Waals surface area contributed by atoms with Crippen LogP contribution in [0.25, 0.3) is 11.4 Å². The Labute approximate surface area is 114 Å². The number of nitrogens with zero attached hydrogens (tertiary/aromatic N) is 5. The molecular formula is C12H14FN5O2. The van der Waals surface area contributed by atoms with E-state index in [0.29, 0.717) is 12.0 Å². The summed E-state index contributed by atoms with van der Waals surface area (Å²) in [5.41, 5.74) is -0.593. The van der Waals surface area contributed by atoms with E-state index in [9.17, 15) is 14.3 Å². The van der Waals surface area contributed by atoms with Crippen molar-refractivity contribution < 1.29 is 14.3 Å². The van der Waals surface area contributed by atoms with Crippen molar-refractivity contribution in [1.29, 1.82) is 0 Å². The summed E-state index contributed by atoms with van der Waals surface area (Å²) in [6, 6.07) is 1.25. The first-order valence-electron chi connectivity index (χ1n) is 6.07. The lowest BCUT2D eigenvalue weighted by Crippen LogP contribution is -2.32. The number of rotatable bonds is 5. The smallest absolute Gasteiger partial charge is 0.311 e. The topological polar surface area (TPSA) is 93.8 Å². The minimum Gasteiger partial charge on any atom is -0.481 e. The molecule has 106 valence electrons. The van der Waals surface area contributed by atoms with Gasteiger partial charge in [-0.2, -0.15) is 0 Å². The van der Waals surface area contributed by atoms with Gasteiger partial charge in [-0.25, -0.2) is 9.07 Å². The average Bonchev–Trinajstić information content (AvgIpc) is 2.86. The summed E-state index contributed by atoms with van der Waals surface area (Å²) < 4.78 is 14.5. The lowest BCUT2D eigenvalue weighted by Gasteiger charge is -2.22. The van der Waals surface area contributed by atoms with Gasteiger partial charge in [-0.1, -0.05) is 6.92 Å². The van der Waals surface area contributed by atoms with Gasteiger partial charge in [0.2, 0.25) is 0 Å². The Morgan fingerprint density at radius 1 is 1.50 bits per heavy atom. The van der Waals surface area contributed by atoms with E-state index in [0.717, 1.165) is 6.20 Å². The van der Waals surface area contributed by atoms with Gasteiger partial charge in [0.15, 0.2) is 5.82 Å². The van der Waals surface area contributed by atoms with Crippen molar-refractivity contribution >= 4 is 5.97 Å². The molecule has 0 radical (unpaired) electrons. The molecule has 0 aromatic carbocycles. The molecule has 1 atom stereocenters. The van der Waals surface area contributed by atoms with Crippen LogP contribution < -0.4 is 0 Å². The maximum Gasteiger partial charge on any atom is 0.311 e. The van der Waals surface area contributed by atoms with Crippen LogP contribution in [0.2, 0.25) is 0 Å². The molecule has 20 heavy (non-hydrogen) atoms. The van der Waals surface area contributed by atoms with Crippen LogP contribution in [0.1, 0.15) is 20.3 Å². The molecule has 0 aliphatic rings. The number of aliphatic carboxylic acids is 1. The third kappa shape index (κ3) is 2.63. The van der Waals surface area contributed by atoms with Crippen LogP contribution in [0.4, 0.5) is 4.39 Å². The van der Waals surface area contributed by atoms with Crippen molar-refractivity contribution in [2.75, 3.05) is 0 Å². The zero-order valence-electron chi connectivity index (χ0n) is 11.1. The largest absolute Gasteiger partial charge is 0.481 e. The molecule has 1 unspecified atom stereocenters. The molecule has 0 spiro atoms. The molecule has 2 aromatic rings. The normalized spacial score (nSPS) is 13.9. The fourth-order valence-electron chi connectivity index (χ4n) is 1.71. The number of carboxylic acids is 1. The van der Waals surface area contributed by atoms with Crippen LogP contribution in [0.3, 0.4) is 0 Å². The summed E-state index contributed by atoms with van der Waals surface area (Å²) in [6.45, 7) is 3.49. The lowest BCUT2D eigenvalue weighted by molar-refractivity contribution is -0.149. The summed E-state index contributed by atoms with van der Waals surface area (Å²) in [7, 11) is 0. The first kappa shape index (κ1) is 14.0. The molecule has 0 aliphatic heterocycles. The molecule has 1 N–H and O–H groups in total. The summed E-state index contributed by atoms with van der Waals surface area (Å²) >= 11 is 0. The Morgan fingerprint density at radius 3 is 2.85 bits per heavy atom. The SMILES string of the molecule is CCC(C)(Cn1nnnc1-c1cncc(F)c1)C(=O)O. The van der Waals surface area contributed by atoms with E-state index in [1.165, 1.54) is 16.9 Å². The molecule has 2 rings (SSSR count). The minimum absolute atomic E-state index is 0.0949. The summed E-state index contributed by atoms with van der Waals surface area (Å²) in [5, 5.41) is 20.4. The number of carbonyl (C=O) groups is 1. The predicted octanol–water partition coefficient (Wildman–Crippen LogP) is 1.38. The molecule has 0 saturated heterocycles. The monoisotopic (exact) mass is 279 g/mol. The van der Waals surface area contributed by atoms with Gasteiger partial charge < -0.3 is 5.11 Å². The zero-order valence-corrected chi connectivity index (χ0v) is 11.1. The number of aromatic nitrogens is 5. The Hall–Kier alpha value is -2.38. The van der Waals surface area contributed by atoms with Crippen LogP contribution in [-0.2, 0) is 11.3 Å². The van der Waals surface area contributed by atoms with E-state index in [-0.39, 0.29) is 12.4 Å². The third-order valence-corrected chi connectivity index (χ3v) is 3.29. The number of halogens is 1. The Kier molecular flexibility index (Phi) is 3.73. The first-order valence-corrected chi connectivity index (χ1v) is 6.07. The summed E-state index contributed by atoms with van der Waals surface area (Å²) in [4.78, 5) is 15.1. The molecule has 0 saturated carbocycles. The van der Waals surface area contributed by atoms with Crippen LogP contribution in [0.15, 0.2) is 18.5 Å². The van der Waals surface area contributed by atoms with E-state index in [2.05, 4.69) is 20.5 Å². The first-order chi connectivity index (χ1) is 9.46. The van der Waals surface area contributed by atoms with Crippen LogP contribution in [-0.4, -0.2) is 36.3 Å². The highest BCUT2D eigenvalue weighted by molar-refractivity contribution is 5.74. The highest BCUT2D eigenvalue weighted by Crippen LogP contribution is 2.26. The maximum atomic E-state index is 13.2. The lowest BCUT2D eigenvalue weighted by atomic mass is 9.88. The van der Waals surface area contributed by atoms with Crippen LogP contribution >= 0.6 is 0 Å². The van der Waals surface area contributed by atoms with Gasteiger partial charge in [0.05, 0.1) is 18.2 Å². The maximum absolute atomic E-state index is 13.2. The van der Waals surface area contributed by atoms with E-state index in [1.54, 1.807) is 13.8 Å². The minimum atomic E-state index is -0.995. The molecular weight excluding hydrogens is 265 g/mol. The molecule has 7 nitrogen and oxygen atoms in total. The molecule has 8 heteroatoms. The molecule has 2 aromatic heterocycles. The third-order valence-electron chi connectivity index (χ3n) is 3.29. The van der Waals surface area contributed by atoms with E-state index >= 15 is 0 Å². The second-order valence-electron chi connectivity index (χ2n) is 4.77. The van der Waals surface area contributed by atoms with Crippen molar-refractivity contribution in [3.8, 4) is 11.4 Å². The Bertz CT molecular complexity index is 630. The zero-order chi connectivity index (χ0) is 14.8. The van der Waals surface area contributed by atoms with Crippen molar-refractivity contribution in [3.05, 3.63) is 24.3 Å². The van der Waals surface area contributed by atoms with E-state index in [4.69, 9.17) is 0 Å². The molecule has 0 bridgehead atoms. The van der Waals surface area contributed by atoms with Crippen LogP contribution in [0, 0.1) is 11.2 Å². The van der Waals surface area contributed by atoms with Gasteiger partial charge >= 0.3 is 5.97 Å². The van der Waals surface area contributed by atoms with Crippen LogP contribution in [0.5, 0.6) is 0 Å². The van der Waals surface area contributed by atoms with Gasteiger partial charge in [-0.15, -0.1) is 5.10 Å². The number of carboxylic acid groups (broad SMARTS) is 1. The summed E-state index contributed by atoms with van der Waals surface area (Å²) in [6.07, 6.45) is 2.92. The average molecular weight is 279 g/mol. The second kappa shape index (κ2) is 5.32. The molecule has 0 fully saturated rings. The number of pyridine rings is 1. The fourth-order valence-corrected chi connectivity index (χ4v) is 1.71. The number of hydrogen-bond donors (Lipinski definition) is 1. The predicted molar refractivity (Wildman–Crippen MR) is 67.0 cm³/mol. The van der Waals surface area contributed by atoms with Gasteiger partial charge in [-0.3, -0.25) is 9.78 Å². The summed E-state index contributed by atoms with van der Waals surface area (Å²) in [5.74, 6) is -1.15. The van der Waals surface area contributed by atoms with Crippen molar-refractivity contribution in [1.82, 2.24) is 25.2 Å². The number of tetrazole rings is 1. The fraction of sp³-hybridized carbons (Fsp3) is 0.417. The van der Waals surface area contributed by atoms with Gasteiger partial charge in [0, 0.05) is 11.8 Å². The van der Waals surface area contributed by atoms with Gasteiger partial charge in [0.25, 0.3) is 0 Å². The quantitative estimate of drug-likeness (QED) is 0.888. The van der Waals surface area contributed by atoms with Crippen molar-refractivity contribution in [2.24, 2.45) is 5.41 Å². The Morgan fingerprint density at radius 2 is 2.25 bits per heavy atom. The second-order valence-corrected chi connectivity index (χ2v) is 4.77. The molecule has 2 heterocycles. The van der Waals surface area contributed by atoms with E-state index in [1.807, 2.05) is 0 Å². The van der Waals surface area contributed by atoms with E-state index < -0.39 is 17.2 Å². The molecule has 0 amide bonds. The van der Waals surface area contributed by atoms with Crippen molar-refractivity contribution in [2.45, 2.75) is 26.8 Å².